The third-order valence-electron chi connectivity index (χ3n) is 6.16. The van der Waals surface area contributed by atoms with Crippen LogP contribution >= 0.6 is 0 Å². The topological polar surface area (TPSA) is 91.1 Å². The van der Waals surface area contributed by atoms with Crippen LogP contribution in [0.25, 0.3) is 33.2 Å². The number of H-pyrrole nitrogens is 1. The van der Waals surface area contributed by atoms with Gasteiger partial charge in [0, 0.05) is 27.7 Å². The Morgan fingerprint density at radius 2 is 1.91 bits per heavy atom. The maximum Gasteiger partial charge on any atom is 0.162 e. The number of nitrogens with zero attached hydrogens (tertiary/aromatic N) is 3. The third kappa shape index (κ3) is 4.18. The fourth-order valence-electron chi connectivity index (χ4n) is 4.27. The Labute approximate surface area is 197 Å². The number of aromatic amines is 1. The van der Waals surface area contributed by atoms with E-state index in [1.807, 2.05) is 54.7 Å². The van der Waals surface area contributed by atoms with Crippen molar-refractivity contribution in [3.63, 3.8) is 0 Å². The van der Waals surface area contributed by atoms with Crippen molar-refractivity contribution in [2.24, 2.45) is 0 Å². The van der Waals surface area contributed by atoms with Crippen LogP contribution in [0.3, 0.4) is 0 Å². The van der Waals surface area contributed by atoms with Gasteiger partial charge in [-0.1, -0.05) is 44.0 Å². The van der Waals surface area contributed by atoms with Gasteiger partial charge in [-0.15, -0.1) is 0 Å². The molecule has 1 fully saturated rings. The SMILES string of the molecule is CCCCC1OC1Nc1cccc(-c2nc(Nc3ccc4[nH]ncc4c3)c3ccccc3n2)c1. The van der Waals surface area contributed by atoms with E-state index in [2.05, 4.69) is 46.0 Å². The predicted molar refractivity (Wildman–Crippen MR) is 136 cm³/mol. The first-order valence-electron chi connectivity index (χ1n) is 11.8. The molecule has 170 valence electrons. The molecule has 3 aromatic carbocycles. The molecule has 2 unspecified atom stereocenters. The highest BCUT2D eigenvalue weighted by Gasteiger charge is 2.37. The molecule has 7 heteroatoms. The maximum atomic E-state index is 5.78. The number of hydrogen-bond donors (Lipinski definition) is 3. The van der Waals surface area contributed by atoms with Crippen molar-refractivity contribution in [3.05, 3.63) is 72.9 Å². The van der Waals surface area contributed by atoms with Gasteiger partial charge in [-0.3, -0.25) is 5.10 Å². The lowest BCUT2D eigenvalue weighted by Gasteiger charge is -2.12. The molecule has 0 amide bonds. The van der Waals surface area contributed by atoms with Crippen LogP contribution < -0.4 is 10.6 Å². The minimum absolute atomic E-state index is 0.0920. The highest BCUT2D eigenvalue weighted by molar-refractivity contribution is 5.93. The molecule has 0 aliphatic carbocycles. The predicted octanol–water partition coefficient (Wildman–Crippen LogP) is 6.24. The summed E-state index contributed by atoms with van der Waals surface area (Å²) in [5.41, 5.74) is 4.80. The molecule has 2 atom stereocenters. The third-order valence-corrected chi connectivity index (χ3v) is 6.16. The second kappa shape index (κ2) is 8.76. The van der Waals surface area contributed by atoms with Crippen molar-refractivity contribution in [2.45, 2.75) is 38.5 Å². The number of rotatable bonds is 8. The lowest BCUT2D eigenvalue weighted by atomic mass is 10.1. The Kier molecular flexibility index (Phi) is 5.31. The average Bonchev–Trinajstić information content (AvgIpc) is 3.43. The smallest absolute Gasteiger partial charge is 0.162 e. The zero-order valence-corrected chi connectivity index (χ0v) is 19.0. The number of hydrogen-bond acceptors (Lipinski definition) is 6. The lowest BCUT2D eigenvalue weighted by Crippen LogP contribution is -2.07. The van der Waals surface area contributed by atoms with Gasteiger partial charge in [-0.05, 0) is 48.9 Å². The summed E-state index contributed by atoms with van der Waals surface area (Å²) in [7, 11) is 0. The Hall–Kier alpha value is -3.97. The van der Waals surface area contributed by atoms with E-state index in [0.29, 0.717) is 11.9 Å². The van der Waals surface area contributed by atoms with Crippen LogP contribution in [0.5, 0.6) is 0 Å². The minimum Gasteiger partial charge on any atom is -0.358 e. The molecule has 7 nitrogen and oxygen atoms in total. The number of anilines is 3. The second-order valence-electron chi connectivity index (χ2n) is 8.67. The summed E-state index contributed by atoms with van der Waals surface area (Å²) in [6.45, 7) is 2.21. The molecule has 1 saturated heterocycles. The van der Waals surface area contributed by atoms with Crippen LogP contribution in [-0.2, 0) is 4.74 Å². The molecule has 0 radical (unpaired) electrons. The number of para-hydroxylation sites is 1. The van der Waals surface area contributed by atoms with E-state index >= 15 is 0 Å². The molecule has 2 aromatic heterocycles. The molecule has 0 saturated carbocycles. The standard InChI is InChI=1S/C27H26N6O/c1-2-3-11-24-27(34-24)30-19-8-6-7-17(14-19)25-31-23-10-5-4-9-21(23)26(32-25)29-20-12-13-22-18(15-20)16-28-33-22/h4-10,12-16,24,27,30H,2-3,11H2,1H3,(H,28,33)(H,29,31,32). The molecule has 5 aromatic rings. The molecule has 0 bridgehead atoms. The largest absolute Gasteiger partial charge is 0.358 e. The number of ether oxygens (including phenoxy) is 1. The Bertz CT molecular complexity index is 1460. The fraction of sp³-hybridized carbons (Fsp3) is 0.222. The van der Waals surface area contributed by atoms with Gasteiger partial charge in [0.2, 0.25) is 0 Å². The summed E-state index contributed by atoms with van der Waals surface area (Å²) in [5.74, 6) is 1.44. The zero-order valence-electron chi connectivity index (χ0n) is 19.0. The Morgan fingerprint density at radius 3 is 2.85 bits per heavy atom. The number of epoxide rings is 1. The van der Waals surface area contributed by atoms with Crippen molar-refractivity contribution in [1.29, 1.82) is 0 Å². The van der Waals surface area contributed by atoms with Crippen molar-refractivity contribution < 1.29 is 4.74 Å². The summed E-state index contributed by atoms with van der Waals surface area (Å²) < 4.78 is 5.78. The maximum absolute atomic E-state index is 5.78. The molecule has 0 spiro atoms. The second-order valence-corrected chi connectivity index (χ2v) is 8.67. The molecule has 34 heavy (non-hydrogen) atoms. The van der Waals surface area contributed by atoms with Crippen molar-refractivity contribution >= 4 is 39.0 Å². The van der Waals surface area contributed by atoms with Gasteiger partial charge in [-0.2, -0.15) is 5.10 Å². The van der Waals surface area contributed by atoms with Gasteiger partial charge < -0.3 is 15.4 Å². The average molecular weight is 451 g/mol. The highest BCUT2D eigenvalue weighted by Crippen LogP contribution is 2.32. The van der Waals surface area contributed by atoms with Crippen LogP contribution in [0.15, 0.2) is 72.9 Å². The first kappa shape index (κ1) is 20.6. The normalized spacial score (nSPS) is 17.2. The summed E-state index contributed by atoms with van der Waals surface area (Å²) in [6, 6.07) is 22.4. The van der Waals surface area contributed by atoms with Crippen LogP contribution in [-0.4, -0.2) is 32.5 Å². The van der Waals surface area contributed by atoms with Crippen LogP contribution in [0.1, 0.15) is 26.2 Å². The van der Waals surface area contributed by atoms with E-state index in [-0.39, 0.29) is 6.23 Å². The highest BCUT2D eigenvalue weighted by atomic mass is 16.6. The minimum atomic E-state index is 0.0920. The summed E-state index contributed by atoms with van der Waals surface area (Å²) >= 11 is 0. The van der Waals surface area contributed by atoms with E-state index in [4.69, 9.17) is 14.7 Å². The molecule has 1 aliphatic rings. The van der Waals surface area contributed by atoms with Gasteiger partial charge in [0.05, 0.1) is 17.2 Å². The monoisotopic (exact) mass is 450 g/mol. The van der Waals surface area contributed by atoms with Gasteiger partial charge in [-0.25, -0.2) is 9.97 Å². The quantitative estimate of drug-likeness (QED) is 0.242. The Morgan fingerprint density at radius 1 is 0.971 bits per heavy atom. The van der Waals surface area contributed by atoms with Crippen LogP contribution in [0.4, 0.5) is 17.2 Å². The van der Waals surface area contributed by atoms with E-state index in [1.54, 1.807) is 0 Å². The molecule has 6 rings (SSSR count). The number of aromatic nitrogens is 4. The molecule has 3 heterocycles. The first-order chi connectivity index (χ1) is 16.8. The number of unbranched alkanes of at least 4 members (excludes halogenated alkanes) is 1. The van der Waals surface area contributed by atoms with Gasteiger partial charge in [0.15, 0.2) is 12.1 Å². The Balaban J connectivity index is 1.31. The van der Waals surface area contributed by atoms with E-state index in [1.165, 1.54) is 12.8 Å². The number of benzene rings is 3. The van der Waals surface area contributed by atoms with Gasteiger partial charge in [0.1, 0.15) is 11.9 Å². The van der Waals surface area contributed by atoms with Crippen molar-refractivity contribution in [3.8, 4) is 11.4 Å². The van der Waals surface area contributed by atoms with Crippen molar-refractivity contribution in [1.82, 2.24) is 20.2 Å². The van der Waals surface area contributed by atoms with Crippen LogP contribution in [0, 0.1) is 0 Å². The van der Waals surface area contributed by atoms with E-state index in [9.17, 15) is 0 Å². The first-order valence-corrected chi connectivity index (χ1v) is 11.8. The zero-order chi connectivity index (χ0) is 22.9. The molecule has 3 N–H and O–H groups in total. The summed E-state index contributed by atoms with van der Waals surface area (Å²) in [4.78, 5) is 9.78. The molecular weight excluding hydrogens is 424 g/mol. The van der Waals surface area contributed by atoms with E-state index < -0.39 is 0 Å². The van der Waals surface area contributed by atoms with Crippen LogP contribution in [0.2, 0.25) is 0 Å². The molecular formula is C27H26N6O. The van der Waals surface area contributed by atoms with Crippen molar-refractivity contribution in [2.75, 3.05) is 10.6 Å². The number of fused-ring (bicyclic) bond motifs is 2. The molecule has 1 aliphatic heterocycles. The fourth-order valence-corrected chi connectivity index (χ4v) is 4.27. The summed E-state index contributed by atoms with van der Waals surface area (Å²) in [6.07, 6.45) is 5.70. The van der Waals surface area contributed by atoms with Gasteiger partial charge >= 0.3 is 0 Å². The lowest BCUT2D eigenvalue weighted by molar-refractivity contribution is 0.369. The summed E-state index contributed by atoms with van der Waals surface area (Å²) in [5, 5.41) is 16.1. The van der Waals surface area contributed by atoms with Gasteiger partial charge in [0.25, 0.3) is 0 Å². The van der Waals surface area contributed by atoms with E-state index in [0.717, 1.165) is 51.0 Å². The number of nitrogens with one attached hydrogen (secondary N) is 3.